The van der Waals surface area contributed by atoms with Crippen LogP contribution >= 0.6 is 0 Å². The first-order valence-electron chi connectivity index (χ1n) is 8.40. The molecule has 1 aliphatic rings. The standard InChI is InChI=1S/C17H19N5O5/c23-6-11-13(24)14(25)17(27-11)22-9-20-12-15(18-8-19-16(12)22)21-26-7-10-4-2-1-3-5-10/h1-5,8-9,11,13-14,17,23-25H,6-7H2,(H,18,19,21)/t11-,13-,14-,17-/m1/s1. The van der Waals surface area contributed by atoms with Crippen LogP contribution in [0, 0.1) is 0 Å². The minimum Gasteiger partial charge on any atom is -0.394 e. The van der Waals surface area contributed by atoms with Crippen molar-refractivity contribution in [3.8, 4) is 0 Å². The number of aliphatic hydroxyl groups excluding tert-OH is 3. The third-order valence-electron chi connectivity index (χ3n) is 4.40. The number of imidazole rings is 1. The SMILES string of the molecule is OC[C@H]1O[C@@H](n2cnc3c(NOCc4ccccc4)ncnc32)[C@H](O)[C@@H]1O. The van der Waals surface area contributed by atoms with Crippen molar-refractivity contribution in [3.05, 3.63) is 48.5 Å². The Morgan fingerprint density at radius 3 is 2.67 bits per heavy atom. The highest BCUT2D eigenvalue weighted by Gasteiger charge is 2.44. The topological polar surface area (TPSA) is 135 Å². The second-order valence-electron chi connectivity index (χ2n) is 6.15. The van der Waals surface area contributed by atoms with Crippen molar-refractivity contribution < 1.29 is 24.9 Å². The summed E-state index contributed by atoms with van der Waals surface area (Å²) in [5.74, 6) is 0.362. The monoisotopic (exact) mass is 373 g/mol. The first-order chi connectivity index (χ1) is 13.2. The second kappa shape index (κ2) is 7.55. The molecule has 0 unspecified atom stereocenters. The molecule has 0 bridgehead atoms. The molecule has 3 aromatic rings. The molecule has 10 heteroatoms. The van der Waals surface area contributed by atoms with Gasteiger partial charge in [0, 0.05) is 0 Å². The summed E-state index contributed by atoms with van der Waals surface area (Å²) in [5.41, 5.74) is 4.57. The quantitative estimate of drug-likeness (QED) is 0.440. The summed E-state index contributed by atoms with van der Waals surface area (Å²) in [4.78, 5) is 18.0. The molecule has 4 atom stereocenters. The fraction of sp³-hybridized carbons (Fsp3) is 0.353. The molecule has 1 aromatic carbocycles. The zero-order chi connectivity index (χ0) is 18.8. The van der Waals surface area contributed by atoms with Gasteiger partial charge in [0.25, 0.3) is 0 Å². The van der Waals surface area contributed by atoms with Crippen LogP contribution in [0.3, 0.4) is 0 Å². The molecule has 0 radical (unpaired) electrons. The minimum absolute atomic E-state index is 0.335. The predicted molar refractivity (Wildman–Crippen MR) is 93.2 cm³/mol. The van der Waals surface area contributed by atoms with Crippen molar-refractivity contribution in [1.29, 1.82) is 0 Å². The summed E-state index contributed by atoms with van der Waals surface area (Å²) in [7, 11) is 0. The van der Waals surface area contributed by atoms with Gasteiger partial charge in [0.2, 0.25) is 0 Å². The average molecular weight is 373 g/mol. The van der Waals surface area contributed by atoms with Gasteiger partial charge in [-0.1, -0.05) is 30.3 Å². The highest BCUT2D eigenvalue weighted by atomic mass is 16.6. The lowest BCUT2D eigenvalue weighted by atomic mass is 10.1. The summed E-state index contributed by atoms with van der Waals surface area (Å²) in [6.07, 6.45) is -1.46. The van der Waals surface area contributed by atoms with Crippen LogP contribution in [0.2, 0.25) is 0 Å². The number of aliphatic hydroxyl groups is 3. The molecule has 10 nitrogen and oxygen atoms in total. The Hall–Kier alpha value is -2.63. The van der Waals surface area contributed by atoms with Gasteiger partial charge in [-0.15, -0.1) is 0 Å². The molecule has 2 aromatic heterocycles. The maximum Gasteiger partial charge on any atom is 0.181 e. The van der Waals surface area contributed by atoms with Crippen LogP contribution < -0.4 is 5.48 Å². The highest BCUT2D eigenvalue weighted by Crippen LogP contribution is 2.32. The Labute approximate surface area is 154 Å². The van der Waals surface area contributed by atoms with Crippen LogP contribution in [0.5, 0.6) is 0 Å². The molecule has 142 valence electrons. The number of benzene rings is 1. The lowest BCUT2D eigenvalue weighted by Gasteiger charge is -2.16. The van der Waals surface area contributed by atoms with Crippen molar-refractivity contribution in [3.63, 3.8) is 0 Å². The fourth-order valence-corrected chi connectivity index (χ4v) is 2.98. The largest absolute Gasteiger partial charge is 0.394 e. The van der Waals surface area contributed by atoms with Crippen molar-refractivity contribution in [2.24, 2.45) is 0 Å². The van der Waals surface area contributed by atoms with E-state index in [-0.39, 0.29) is 0 Å². The van der Waals surface area contributed by atoms with Crippen LogP contribution in [-0.2, 0) is 16.2 Å². The molecule has 3 heterocycles. The third kappa shape index (κ3) is 3.36. The van der Waals surface area contributed by atoms with E-state index >= 15 is 0 Å². The van der Waals surface area contributed by atoms with Crippen LogP contribution in [0.4, 0.5) is 5.82 Å². The number of nitrogens with one attached hydrogen (secondary N) is 1. The number of ether oxygens (including phenoxy) is 1. The van der Waals surface area contributed by atoms with Gasteiger partial charge in [-0.2, -0.15) is 0 Å². The van der Waals surface area contributed by atoms with E-state index < -0.39 is 31.1 Å². The van der Waals surface area contributed by atoms with Crippen molar-refractivity contribution in [2.75, 3.05) is 12.1 Å². The molecule has 0 aliphatic carbocycles. The fourth-order valence-electron chi connectivity index (χ4n) is 2.98. The van der Waals surface area contributed by atoms with Crippen LogP contribution in [-0.4, -0.2) is 59.8 Å². The summed E-state index contributed by atoms with van der Waals surface area (Å²) in [5, 5.41) is 29.4. The third-order valence-corrected chi connectivity index (χ3v) is 4.40. The number of hydrogen-bond acceptors (Lipinski definition) is 9. The summed E-state index contributed by atoms with van der Waals surface area (Å²) >= 11 is 0. The van der Waals surface area contributed by atoms with E-state index in [0.717, 1.165) is 5.56 Å². The molecule has 27 heavy (non-hydrogen) atoms. The van der Waals surface area contributed by atoms with Gasteiger partial charge in [-0.3, -0.25) is 9.40 Å². The zero-order valence-corrected chi connectivity index (χ0v) is 14.2. The van der Waals surface area contributed by atoms with E-state index in [2.05, 4.69) is 20.4 Å². The van der Waals surface area contributed by atoms with Crippen molar-refractivity contribution in [2.45, 2.75) is 31.1 Å². The first-order valence-corrected chi connectivity index (χ1v) is 8.40. The zero-order valence-electron chi connectivity index (χ0n) is 14.2. The molecular formula is C17H19N5O5. The van der Waals surface area contributed by atoms with Gasteiger partial charge in [0.15, 0.2) is 23.2 Å². The highest BCUT2D eigenvalue weighted by molar-refractivity contribution is 5.82. The molecule has 0 spiro atoms. The van der Waals surface area contributed by atoms with Crippen LogP contribution in [0.15, 0.2) is 43.0 Å². The second-order valence-corrected chi connectivity index (χ2v) is 6.15. The number of fused-ring (bicyclic) bond motifs is 1. The Bertz CT molecular complexity index is 905. The molecule has 1 aliphatic heterocycles. The van der Waals surface area contributed by atoms with Crippen LogP contribution in [0.1, 0.15) is 11.8 Å². The molecule has 1 fully saturated rings. The van der Waals surface area contributed by atoms with E-state index in [9.17, 15) is 15.3 Å². The van der Waals surface area contributed by atoms with Gasteiger partial charge in [-0.05, 0) is 5.56 Å². The Balaban J connectivity index is 1.53. The van der Waals surface area contributed by atoms with Gasteiger partial charge in [0.1, 0.15) is 24.6 Å². The normalized spacial score (nSPS) is 25.1. The molecular weight excluding hydrogens is 354 g/mol. The average Bonchev–Trinajstić information content (AvgIpc) is 3.25. The lowest BCUT2D eigenvalue weighted by Crippen LogP contribution is -2.33. The maximum atomic E-state index is 10.2. The Kier molecular flexibility index (Phi) is 4.97. The smallest absolute Gasteiger partial charge is 0.181 e. The molecule has 1 saturated heterocycles. The lowest BCUT2D eigenvalue weighted by molar-refractivity contribution is -0.0511. The number of aromatic nitrogens is 4. The van der Waals surface area contributed by atoms with Gasteiger partial charge in [-0.25, -0.2) is 20.4 Å². The summed E-state index contributed by atoms with van der Waals surface area (Å²) < 4.78 is 7.02. The van der Waals surface area contributed by atoms with Gasteiger partial charge < -0.3 is 20.1 Å². The van der Waals surface area contributed by atoms with Gasteiger partial charge >= 0.3 is 0 Å². The summed E-state index contributed by atoms with van der Waals surface area (Å²) in [6, 6.07) is 9.64. The number of rotatable bonds is 6. The number of anilines is 1. The van der Waals surface area contributed by atoms with Crippen molar-refractivity contribution in [1.82, 2.24) is 19.5 Å². The molecule has 0 saturated carbocycles. The number of hydrogen-bond donors (Lipinski definition) is 4. The first kappa shape index (κ1) is 17.8. The molecule has 0 amide bonds. The predicted octanol–water partition coefficient (Wildman–Crippen LogP) is -0.0185. The van der Waals surface area contributed by atoms with E-state index in [4.69, 9.17) is 9.57 Å². The van der Waals surface area contributed by atoms with E-state index in [1.807, 2.05) is 30.3 Å². The maximum absolute atomic E-state index is 10.2. The van der Waals surface area contributed by atoms with Gasteiger partial charge in [0.05, 0.1) is 19.5 Å². The molecule has 4 N–H and O–H groups in total. The van der Waals surface area contributed by atoms with Crippen LogP contribution in [0.25, 0.3) is 11.2 Å². The Morgan fingerprint density at radius 2 is 1.93 bits per heavy atom. The summed E-state index contributed by atoms with van der Waals surface area (Å²) in [6.45, 7) is -0.0711. The van der Waals surface area contributed by atoms with E-state index in [1.165, 1.54) is 17.2 Å². The van der Waals surface area contributed by atoms with Crippen molar-refractivity contribution >= 4 is 17.0 Å². The minimum atomic E-state index is -1.22. The Morgan fingerprint density at radius 1 is 1.11 bits per heavy atom. The van der Waals surface area contributed by atoms with E-state index in [1.54, 1.807) is 0 Å². The molecule has 4 rings (SSSR count). The van der Waals surface area contributed by atoms with E-state index in [0.29, 0.717) is 23.6 Å². The number of nitrogens with zero attached hydrogens (tertiary/aromatic N) is 4.